The molecule has 2 fully saturated rings. The highest BCUT2D eigenvalue weighted by molar-refractivity contribution is 4.97. The quantitative estimate of drug-likeness (QED) is 0.799. The van der Waals surface area contributed by atoms with Gasteiger partial charge in [0, 0.05) is 13.1 Å². The summed E-state index contributed by atoms with van der Waals surface area (Å²) in [5.74, 6) is -0.442. The Labute approximate surface area is 105 Å². The lowest BCUT2D eigenvalue weighted by Gasteiger charge is -2.41. The number of likely N-dealkylation sites (tertiary alicyclic amines) is 1. The van der Waals surface area contributed by atoms with Crippen molar-refractivity contribution in [1.29, 1.82) is 0 Å². The number of ether oxygens (including phenoxy) is 2. The van der Waals surface area contributed by atoms with E-state index in [9.17, 15) is 4.39 Å². The highest BCUT2D eigenvalue weighted by Crippen LogP contribution is 2.20. The summed E-state index contributed by atoms with van der Waals surface area (Å²) in [7, 11) is 0. The molecule has 0 amide bonds. The van der Waals surface area contributed by atoms with Gasteiger partial charge in [0.15, 0.2) is 5.82 Å². The van der Waals surface area contributed by atoms with E-state index in [2.05, 4.69) is 14.9 Å². The minimum absolute atomic E-state index is 0.132. The van der Waals surface area contributed by atoms with E-state index in [1.807, 2.05) is 0 Å². The van der Waals surface area contributed by atoms with Crippen LogP contribution < -0.4 is 4.74 Å². The molecule has 3 heterocycles. The SMILES string of the molecule is Fc1cnc(OC2CCN(C3COC3)CC2)nc1. The number of halogens is 1. The van der Waals surface area contributed by atoms with Gasteiger partial charge in [0.25, 0.3) is 0 Å². The molecule has 6 heteroatoms. The summed E-state index contributed by atoms with van der Waals surface area (Å²) in [6.45, 7) is 3.74. The number of piperidine rings is 1. The maximum Gasteiger partial charge on any atom is 0.316 e. The van der Waals surface area contributed by atoms with Crippen LogP contribution >= 0.6 is 0 Å². The lowest BCUT2D eigenvalue weighted by molar-refractivity contribution is -0.0782. The van der Waals surface area contributed by atoms with Crippen LogP contribution in [0.2, 0.25) is 0 Å². The third kappa shape index (κ3) is 2.59. The van der Waals surface area contributed by atoms with Crippen molar-refractivity contribution in [3.8, 4) is 6.01 Å². The van der Waals surface area contributed by atoms with Gasteiger partial charge in [-0.05, 0) is 12.8 Å². The maximum atomic E-state index is 12.7. The molecule has 0 bridgehead atoms. The van der Waals surface area contributed by atoms with Gasteiger partial charge in [-0.2, -0.15) is 0 Å². The van der Waals surface area contributed by atoms with Crippen molar-refractivity contribution >= 4 is 0 Å². The van der Waals surface area contributed by atoms with E-state index >= 15 is 0 Å². The second-order valence-corrected chi connectivity index (χ2v) is 4.73. The molecular formula is C12H16FN3O2. The molecule has 5 nitrogen and oxygen atoms in total. The Balaban J connectivity index is 1.48. The van der Waals surface area contributed by atoms with Crippen LogP contribution in [-0.4, -0.2) is 53.3 Å². The zero-order valence-electron chi connectivity index (χ0n) is 10.1. The standard InChI is InChI=1S/C12H16FN3O2/c13-9-5-14-12(15-6-9)18-11-1-3-16(4-2-11)10-7-17-8-10/h5-6,10-11H,1-4,7-8H2. The minimum atomic E-state index is -0.442. The molecule has 18 heavy (non-hydrogen) atoms. The van der Waals surface area contributed by atoms with Gasteiger partial charge in [0.05, 0.1) is 31.6 Å². The number of hydrogen-bond acceptors (Lipinski definition) is 5. The molecule has 0 aliphatic carbocycles. The van der Waals surface area contributed by atoms with Crippen molar-refractivity contribution in [2.75, 3.05) is 26.3 Å². The zero-order valence-corrected chi connectivity index (χ0v) is 10.1. The summed E-state index contributed by atoms with van der Waals surface area (Å²) < 4.78 is 23.5. The smallest absolute Gasteiger partial charge is 0.316 e. The molecule has 0 radical (unpaired) electrons. The molecule has 2 aliphatic heterocycles. The van der Waals surface area contributed by atoms with Gasteiger partial charge in [-0.1, -0.05) is 0 Å². The molecule has 2 aliphatic rings. The predicted octanol–water partition coefficient (Wildman–Crippen LogP) is 0.858. The van der Waals surface area contributed by atoms with Crippen molar-refractivity contribution in [2.45, 2.75) is 25.0 Å². The van der Waals surface area contributed by atoms with Gasteiger partial charge in [-0.3, -0.25) is 4.90 Å². The summed E-state index contributed by atoms with van der Waals surface area (Å²) in [5, 5.41) is 0. The molecule has 98 valence electrons. The van der Waals surface area contributed by atoms with Gasteiger partial charge >= 0.3 is 6.01 Å². The Morgan fingerprint density at radius 2 is 1.89 bits per heavy atom. The lowest BCUT2D eigenvalue weighted by atomic mass is 10.0. The fourth-order valence-electron chi connectivity index (χ4n) is 2.30. The average molecular weight is 253 g/mol. The molecule has 0 N–H and O–H groups in total. The Morgan fingerprint density at radius 3 is 2.44 bits per heavy atom. The largest absolute Gasteiger partial charge is 0.460 e. The fraction of sp³-hybridized carbons (Fsp3) is 0.667. The first kappa shape index (κ1) is 11.8. The van der Waals surface area contributed by atoms with Crippen molar-refractivity contribution in [3.05, 3.63) is 18.2 Å². The van der Waals surface area contributed by atoms with Crippen LogP contribution in [0.4, 0.5) is 4.39 Å². The zero-order chi connectivity index (χ0) is 12.4. The van der Waals surface area contributed by atoms with Crippen LogP contribution in [0, 0.1) is 5.82 Å². The minimum Gasteiger partial charge on any atom is -0.460 e. The van der Waals surface area contributed by atoms with Crippen LogP contribution in [0.1, 0.15) is 12.8 Å². The Bertz CT molecular complexity index is 389. The van der Waals surface area contributed by atoms with Crippen molar-refractivity contribution in [1.82, 2.24) is 14.9 Å². The summed E-state index contributed by atoms with van der Waals surface area (Å²) in [6, 6.07) is 0.856. The second kappa shape index (κ2) is 5.16. The molecule has 0 unspecified atom stereocenters. The van der Waals surface area contributed by atoms with Crippen molar-refractivity contribution in [2.24, 2.45) is 0 Å². The first-order valence-electron chi connectivity index (χ1n) is 6.27. The van der Waals surface area contributed by atoms with Gasteiger partial charge in [0.1, 0.15) is 6.10 Å². The Kier molecular flexibility index (Phi) is 3.38. The second-order valence-electron chi connectivity index (χ2n) is 4.73. The van der Waals surface area contributed by atoms with Crippen LogP contribution in [0.15, 0.2) is 12.4 Å². The van der Waals surface area contributed by atoms with E-state index in [4.69, 9.17) is 9.47 Å². The molecule has 0 spiro atoms. The molecule has 1 aromatic rings. The first-order valence-corrected chi connectivity index (χ1v) is 6.27. The maximum absolute atomic E-state index is 12.7. The third-order valence-corrected chi connectivity index (χ3v) is 3.48. The molecule has 3 rings (SSSR count). The Hall–Kier alpha value is -1.27. The van der Waals surface area contributed by atoms with Crippen LogP contribution in [0.3, 0.4) is 0 Å². The predicted molar refractivity (Wildman–Crippen MR) is 61.8 cm³/mol. The van der Waals surface area contributed by atoms with Gasteiger partial charge in [-0.25, -0.2) is 14.4 Å². The molecule has 0 saturated carbocycles. The molecular weight excluding hydrogens is 237 g/mol. The van der Waals surface area contributed by atoms with E-state index in [0.717, 1.165) is 51.5 Å². The van der Waals surface area contributed by atoms with E-state index in [0.29, 0.717) is 6.04 Å². The number of rotatable bonds is 3. The van der Waals surface area contributed by atoms with E-state index in [1.54, 1.807) is 0 Å². The summed E-state index contributed by atoms with van der Waals surface area (Å²) in [6.07, 6.45) is 4.30. The van der Waals surface area contributed by atoms with E-state index in [1.165, 1.54) is 0 Å². The van der Waals surface area contributed by atoms with Crippen molar-refractivity contribution < 1.29 is 13.9 Å². The van der Waals surface area contributed by atoms with Gasteiger partial charge in [-0.15, -0.1) is 0 Å². The molecule has 2 saturated heterocycles. The molecule has 0 atom stereocenters. The monoisotopic (exact) mass is 253 g/mol. The average Bonchev–Trinajstić information content (AvgIpc) is 2.32. The van der Waals surface area contributed by atoms with E-state index in [-0.39, 0.29) is 12.1 Å². The number of hydrogen-bond donors (Lipinski definition) is 0. The first-order chi connectivity index (χ1) is 8.81. The third-order valence-electron chi connectivity index (χ3n) is 3.48. The Morgan fingerprint density at radius 1 is 1.22 bits per heavy atom. The van der Waals surface area contributed by atoms with Crippen molar-refractivity contribution in [3.63, 3.8) is 0 Å². The molecule has 0 aromatic carbocycles. The fourth-order valence-corrected chi connectivity index (χ4v) is 2.30. The van der Waals surface area contributed by atoms with Gasteiger partial charge < -0.3 is 9.47 Å². The van der Waals surface area contributed by atoms with Crippen LogP contribution in [0.25, 0.3) is 0 Å². The topological polar surface area (TPSA) is 47.5 Å². The summed E-state index contributed by atoms with van der Waals surface area (Å²) in [4.78, 5) is 10.1. The normalized spacial score (nSPS) is 22.7. The van der Waals surface area contributed by atoms with Crippen LogP contribution in [0.5, 0.6) is 6.01 Å². The summed E-state index contributed by atoms with van der Waals surface area (Å²) >= 11 is 0. The number of aromatic nitrogens is 2. The molecule has 1 aromatic heterocycles. The highest BCUT2D eigenvalue weighted by Gasteiger charge is 2.30. The number of nitrogens with zero attached hydrogens (tertiary/aromatic N) is 3. The summed E-state index contributed by atoms with van der Waals surface area (Å²) in [5.41, 5.74) is 0. The van der Waals surface area contributed by atoms with E-state index < -0.39 is 5.82 Å². The van der Waals surface area contributed by atoms with Crippen LogP contribution in [-0.2, 0) is 4.74 Å². The highest BCUT2D eigenvalue weighted by atomic mass is 19.1. The lowest BCUT2D eigenvalue weighted by Crippen LogP contribution is -2.53. The van der Waals surface area contributed by atoms with Gasteiger partial charge in [0.2, 0.25) is 0 Å².